The second-order valence-corrected chi connectivity index (χ2v) is 4.83. The van der Waals surface area contributed by atoms with Crippen molar-refractivity contribution in [1.29, 1.82) is 0 Å². The zero-order valence-corrected chi connectivity index (χ0v) is 9.24. The van der Waals surface area contributed by atoms with Gasteiger partial charge in [-0.15, -0.1) is 0 Å². The highest BCUT2D eigenvalue weighted by atomic mass is 79.9. The molecule has 0 amide bonds. The summed E-state index contributed by atoms with van der Waals surface area (Å²) in [5.74, 6) is 0.773. The molecule has 2 rings (SSSR count). The summed E-state index contributed by atoms with van der Waals surface area (Å²) in [6.45, 7) is 2.28. The molecule has 64 valence electrons. The lowest BCUT2D eigenvalue weighted by molar-refractivity contribution is 0.627. The van der Waals surface area contributed by atoms with Crippen molar-refractivity contribution < 1.29 is 0 Å². The van der Waals surface area contributed by atoms with Gasteiger partial charge in [0.15, 0.2) is 0 Å². The molecule has 0 heterocycles. The Bertz CT molecular complexity index is 320. The van der Waals surface area contributed by atoms with Gasteiger partial charge < -0.3 is 0 Å². The molecular formula is C10H10BrCl. The van der Waals surface area contributed by atoms with Crippen molar-refractivity contribution >= 4 is 27.5 Å². The van der Waals surface area contributed by atoms with Gasteiger partial charge in [-0.05, 0) is 42.0 Å². The molecule has 0 N–H and O–H groups in total. The van der Waals surface area contributed by atoms with Gasteiger partial charge in [0.25, 0.3) is 0 Å². The fraction of sp³-hybridized carbons (Fsp3) is 0.400. The highest BCUT2D eigenvalue weighted by Crippen LogP contribution is 2.34. The quantitative estimate of drug-likeness (QED) is 0.651. The predicted octanol–water partition coefficient (Wildman–Crippen LogP) is 3.84. The maximum atomic E-state index is 5.95. The fourth-order valence-electron chi connectivity index (χ4n) is 1.86. The molecule has 0 radical (unpaired) electrons. The Morgan fingerprint density at radius 1 is 1.42 bits per heavy atom. The Morgan fingerprint density at radius 3 is 2.92 bits per heavy atom. The van der Waals surface area contributed by atoms with Crippen molar-refractivity contribution in [3.05, 3.63) is 32.8 Å². The minimum absolute atomic E-state index is 0.773. The van der Waals surface area contributed by atoms with Crippen molar-refractivity contribution in [2.75, 3.05) is 0 Å². The Kier molecular flexibility index (Phi) is 2.18. The van der Waals surface area contributed by atoms with E-state index >= 15 is 0 Å². The molecule has 0 aromatic heterocycles. The molecule has 1 aliphatic rings. The maximum Gasteiger partial charge on any atom is 0.0420 e. The van der Waals surface area contributed by atoms with Crippen LogP contribution >= 0.6 is 27.5 Å². The monoisotopic (exact) mass is 244 g/mol. The van der Waals surface area contributed by atoms with Crippen molar-refractivity contribution in [2.24, 2.45) is 5.92 Å². The van der Waals surface area contributed by atoms with Crippen LogP contribution in [0.25, 0.3) is 0 Å². The van der Waals surface area contributed by atoms with Crippen LogP contribution in [0.1, 0.15) is 18.1 Å². The lowest BCUT2D eigenvalue weighted by atomic mass is 10.1. The molecule has 0 saturated carbocycles. The minimum Gasteiger partial charge on any atom is -0.0843 e. The first-order valence-electron chi connectivity index (χ1n) is 4.13. The van der Waals surface area contributed by atoms with Crippen LogP contribution in [0.15, 0.2) is 16.6 Å². The molecule has 0 nitrogen and oxygen atoms in total. The van der Waals surface area contributed by atoms with E-state index in [4.69, 9.17) is 11.6 Å². The van der Waals surface area contributed by atoms with Crippen molar-refractivity contribution in [3.63, 3.8) is 0 Å². The molecule has 12 heavy (non-hydrogen) atoms. The standard InChI is InChI=1S/C10H10BrCl/c1-6-2-7-4-8(12)5-10(11)9(7)3-6/h4-6H,2-3H2,1H3. The zero-order valence-electron chi connectivity index (χ0n) is 6.90. The summed E-state index contributed by atoms with van der Waals surface area (Å²) in [5, 5.41) is 0.842. The number of benzene rings is 1. The number of fused-ring (bicyclic) bond motifs is 1. The van der Waals surface area contributed by atoms with Crippen LogP contribution in [0, 0.1) is 5.92 Å². The summed E-state index contributed by atoms with van der Waals surface area (Å²) in [5.41, 5.74) is 2.87. The van der Waals surface area contributed by atoms with Crippen LogP contribution in [0.2, 0.25) is 5.02 Å². The summed E-state index contributed by atoms with van der Waals surface area (Å²) in [4.78, 5) is 0. The molecule has 0 bridgehead atoms. The van der Waals surface area contributed by atoms with Crippen molar-refractivity contribution in [3.8, 4) is 0 Å². The minimum atomic E-state index is 0.773. The SMILES string of the molecule is CC1Cc2cc(Cl)cc(Br)c2C1. The van der Waals surface area contributed by atoms with Crippen molar-refractivity contribution in [2.45, 2.75) is 19.8 Å². The summed E-state index contributed by atoms with van der Waals surface area (Å²) in [6, 6.07) is 4.07. The van der Waals surface area contributed by atoms with E-state index in [1.165, 1.54) is 28.4 Å². The topological polar surface area (TPSA) is 0 Å². The van der Waals surface area contributed by atoms with E-state index in [1.807, 2.05) is 6.07 Å². The average molecular weight is 246 g/mol. The summed E-state index contributed by atoms with van der Waals surface area (Å²) < 4.78 is 1.18. The molecule has 0 fully saturated rings. The molecule has 0 aliphatic heterocycles. The largest absolute Gasteiger partial charge is 0.0843 e. The van der Waals surface area contributed by atoms with Gasteiger partial charge in [0.2, 0.25) is 0 Å². The van der Waals surface area contributed by atoms with Crippen LogP contribution in [-0.4, -0.2) is 0 Å². The number of halogens is 2. The third-order valence-corrected chi connectivity index (χ3v) is 3.30. The van der Waals surface area contributed by atoms with Gasteiger partial charge in [-0.2, -0.15) is 0 Å². The molecule has 1 aromatic rings. The fourth-order valence-corrected chi connectivity index (χ4v) is 2.90. The molecular weight excluding hydrogens is 235 g/mol. The lowest BCUT2D eigenvalue weighted by Crippen LogP contribution is -1.89. The van der Waals surface area contributed by atoms with E-state index in [9.17, 15) is 0 Å². The molecule has 2 heteroatoms. The van der Waals surface area contributed by atoms with E-state index < -0.39 is 0 Å². The Labute approximate surface area is 86.1 Å². The van der Waals surface area contributed by atoms with E-state index in [0.717, 1.165) is 10.9 Å². The normalized spacial score (nSPS) is 21.1. The lowest BCUT2D eigenvalue weighted by Gasteiger charge is -2.01. The Balaban J connectivity index is 2.52. The Morgan fingerprint density at radius 2 is 2.17 bits per heavy atom. The van der Waals surface area contributed by atoms with Crippen LogP contribution in [-0.2, 0) is 12.8 Å². The summed E-state index contributed by atoms with van der Waals surface area (Å²) >= 11 is 9.49. The number of hydrogen-bond acceptors (Lipinski definition) is 0. The third-order valence-electron chi connectivity index (χ3n) is 2.37. The average Bonchev–Trinajstić information content (AvgIpc) is 2.29. The van der Waals surface area contributed by atoms with Crippen LogP contribution < -0.4 is 0 Å². The first-order valence-corrected chi connectivity index (χ1v) is 5.30. The van der Waals surface area contributed by atoms with Gasteiger partial charge in [0, 0.05) is 9.50 Å². The molecule has 1 atom stereocenters. The third kappa shape index (κ3) is 1.40. The molecule has 1 aromatic carbocycles. The maximum absolute atomic E-state index is 5.95. The molecule has 0 spiro atoms. The number of hydrogen-bond donors (Lipinski definition) is 0. The van der Waals surface area contributed by atoms with Crippen LogP contribution in [0.4, 0.5) is 0 Å². The van der Waals surface area contributed by atoms with Gasteiger partial charge in [0.05, 0.1) is 0 Å². The molecule has 1 unspecified atom stereocenters. The molecule has 0 saturated heterocycles. The first kappa shape index (κ1) is 8.58. The van der Waals surface area contributed by atoms with E-state index in [0.29, 0.717) is 0 Å². The summed E-state index contributed by atoms with van der Waals surface area (Å²) in [6.07, 6.45) is 2.36. The van der Waals surface area contributed by atoms with Gasteiger partial charge >= 0.3 is 0 Å². The highest BCUT2D eigenvalue weighted by Gasteiger charge is 2.20. The second kappa shape index (κ2) is 3.04. The van der Waals surface area contributed by atoms with Crippen molar-refractivity contribution in [1.82, 2.24) is 0 Å². The van der Waals surface area contributed by atoms with E-state index in [-0.39, 0.29) is 0 Å². The predicted molar refractivity (Wildman–Crippen MR) is 55.7 cm³/mol. The van der Waals surface area contributed by atoms with E-state index in [2.05, 4.69) is 28.9 Å². The first-order chi connectivity index (χ1) is 5.66. The smallest absolute Gasteiger partial charge is 0.0420 e. The van der Waals surface area contributed by atoms with Gasteiger partial charge in [0.1, 0.15) is 0 Å². The van der Waals surface area contributed by atoms with Gasteiger partial charge in [-0.3, -0.25) is 0 Å². The molecule has 1 aliphatic carbocycles. The van der Waals surface area contributed by atoms with Crippen LogP contribution in [0.3, 0.4) is 0 Å². The van der Waals surface area contributed by atoms with Gasteiger partial charge in [-0.1, -0.05) is 34.5 Å². The zero-order chi connectivity index (χ0) is 8.72. The van der Waals surface area contributed by atoms with Crippen LogP contribution in [0.5, 0.6) is 0 Å². The number of rotatable bonds is 0. The highest BCUT2D eigenvalue weighted by molar-refractivity contribution is 9.10. The Hall–Kier alpha value is -0.0100. The van der Waals surface area contributed by atoms with Gasteiger partial charge in [-0.25, -0.2) is 0 Å². The summed E-state index contributed by atoms with van der Waals surface area (Å²) in [7, 11) is 0. The second-order valence-electron chi connectivity index (χ2n) is 3.54. The van der Waals surface area contributed by atoms with E-state index in [1.54, 1.807) is 0 Å².